The van der Waals surface area contributed by atoms with Gasteiger partial charge in [0.05, 0.1) is 29.1 Å². The van der Waals surface area contributed by atoms with E-state index in [1.807, 2.05) is 0 Å². The molecule has 3 aliphatic heterocycles. The largest absolute Gasteiger partial charge is 0.425 e. The van der Waals surface area contributed by atoms with Crippen molar-refractivity contribution in [3.8, 4) is 0 Å². The van der Waals surface area contributed by atoms with Gasteiger partial charge in [-0.25, -0.2) is 9.98 Å². The van der Waals surface area contributed by atoms with E-state index in [9.17, 15) is 24.9 Å². The van der Waals surface area contributed by atoms with Crippen molar-refractivity contribution in [1.82, 2.24) is 8.83 Å². The second-order valence-corrected chi connectivity index (χ2v) is 7.35. The first kappa shape index (κ1) is 21.6. The molecule has 0 spiro atoms. The summed E-state index contributed by atoms with van der Waals surface area (Å²) in [5, 5.41) is 39.0. The Morgan fingerprint density at radius 3 is 2.69 bits per heavy atom. The van der Waals surface area contributed by atoms with Crippen LogP contribution in [0.2, 0.25) is 0 Å². The van der Waals surface area contributed by atoms with Gasteiger partial charge in [-0.2, -0.15) is 0 Å². The second kappa shape index (κ2) is 7.60. The molecule has 3 heterocycles. The maximum atomic E-state index is 12.0. The Balaban J connectivity index is 2.03. The predicted octanol–water partition coefficient (Wildman–Crippen LogP) is -1.73. The summed E-state index contributed by atoms with van der Waals surface area (Å²) in [6.45, 7) is 1.91. The van der Waals surface area contributed by atoms with Crippen LogP contribution in [0.3, 0.4) is 0 Å². The van der Waals surface area contributed by atoms with Gasteiger partial charge in [0.1, 0.15) is 12.4 Å². The van der Waals surface area contributed by atoms with E-state index in [1.165, 1.54) is 15.2 Å². The first-order chi connectivity index (χ1) is 13.6. The smallest absolute Gasteiger partial charge is 0.308 e. The molecule has 0 radical (unpaired) electrons. The molecule has 6 atom stereocenters. The van der Waals surface area contributed by atoms with Crippen LogP contribution in [0.15, 0.2) is 9.98 Å². The first-order valence-corrected chi connectivity index (χ1v) is 9.30. The van der Waals surface area contributed by atoms with Crippen LogP contribution in [-0.4, -0.2) is 97.3 Å². The summed E-state index contributed by atoms with van der Waals surface area (Å²) in [7, 11) is 0. The summed E-state index contributed by atoms with van der Waals surface area (Å²) >= 11 is 3.21. The van der Waals surface area contributed by atoms with Gasteiger partial charge >= 0.3 is 17.7 Å². The second-order valence-electron chi connectivity index (χ2n) is 6.53. The number of ether oxygens (including phenoxy) is 3. The lowest BCUT2D eigenvalue weighted by Gasteiger charge is -2.44. The molecule has 4 N–H and O–H groups in total. The molecule has 0 aliphatic carbocycles. The molecule has 0 amide bonds. The molecule has 0 aromatic carbocycles. The molecule has 1 saturated heterocycles. The number of aliphatic hydroxyl groups is 3. The fraction of sp³-hybridized carbons (Fsp3) is 0.667. The Morgan fingerprint density at radius 1 is 1.41 bits per heavy atom. The van der Waals surface area contributed by atoms with Gasteiger partial charge in [-0.1, -0.05) is 6.92 Å². The van der Waals surface area contributed by atoms with Gasteiger partial charge in [0, 0.05) is 13.3 Å². The van der Waals surface area contributed by atoms with Crippen LogP contribution in [0.4, 0.5) is 0 Å². The van der Waals surface area contributed by atoms with Crippen LogP contribution >= 0.6 is 16.1 Å². The number of rotatable bonds is 5. The standard InChI is InChI=1S/C15H20BrN5O8/c1-3-9(24)29-14-11(17)18-5-21(16)12(14)20(6-19-14)13-15(26,28-7(2)23)10(25)8(4-22)27-13/h5-6,8,10,12-13,17,22,25-26H,3-4H2,1-2H3/t8-,10-,12?,13-,14?,15+/m1/s1. The number of esters is 2. The Hall–Kier alpha value is -2.13. The number of nitrogens with one attached hydrogen (secondary N) is 1. The number of hydrogen-bond donors (Lipinski definition) is 4. The zero-order valence-corrected chi connectivity index (χ0v) is 17.0. The fourth-order valence-corrected chi connectivity index (χ4v) is 3.89. The van der Waals surface area contributed by atoms with Gasteiger partial charge in [0.15, 0.2) is 18.1 Å². The normalized spacial score (nSPS) is 38.3. The highest BCUT2D eigenvalue weighted by Gasteiger charge is 2.66. The topological polar surface area (TPSA) is 178 Å². The molecule has 29 heavy (non-hydrogen) atoms. The van der Waals surface area contributed by atoms with Crippen molar-refractivity contribution < 1.29 is 39.1 Å². The van der Waals surface area contributed by atoms with Gasteiger partial charge < -0.3 is 34.4 Å². The third kappa shape index (κ3) is 3.30. The maximum absolute atomic E-state index is 12.0. The van der Waals surface area contributed by atoms with E-state index >= 15 is 0 Å². The van der Waals surface area contributed by atoms with Crippen LogP contribution in [0.25, 0.3) is 0 Å². The van der Waals surface area contributed by atoms with Crippen LogP contribution < -0.4 is 0 Å². The van der Waals surface area contributed by atoms with E-state index in [0.717, 1.165) is 13.3 Å². The number of nitrogens with zero attached hydrogens (tertiary/aromatic N) is 4. The molecule has 2 unspecified atom stereocenters. The summed E-state index contributed by atoms with van der Waals surface area (Å²) in [4.78, 5) is 32.7. The number of fused-ring (bicyclic) bond motifs is 1. The zero-order valence-electron chi connectivity index (χ0n) is 15.4. The molecule has 14 heteroatoms. The van der Waals surface area contributed by atoms with Crippen LogP contribution in [-0.2, 0) is 23.8 Å². The van der Waals surface area contributed by atoms with Crippen LogP contribution in [0.5, 0.6) is 0 Å². The van der Waals surface area contributed by atoms with Crippen molar-refractivity contribution in [2.45, 2.75) is 56.4 Å². The van der Waals surface area contributed by atoms with Crippen LogP contribution in [0.1, 0.15) is 20.3 Å². The molecule has 3 rings (SSSR count). The maximum Gasteiger partial charge on any atom is 0.308 e. The number of carbonyl (C=O) groups excluding carboxylic acids is 2. The van der Waals surface area contributed by atoms with Crippen molar-refractivity contribution in [2.24, 2.45) is 9.98 Å². The van der Waals surface area contributed by atoms with Crippen molar-refractivity contribution in [3.05, 3.63) is 0 Å². The summed E-state index contributed by atoms with van der Waals surface area (Å²) in [5.41, 5.74) is -1.91. The quantitative estimate of drug-likeness (QED) is 0.202. The zero-order chi connectivity index (χ0) is 21.6. The Bertz CT molecular complexity index is 780. The van der Waals surface area contributed by atoms with Crippen molar-refractivity contribution in [3.63, 3.8) is 0 Å². The highest BCUT2D eigenvalue weighted by atomic mass is 79.9. The van der Waals surface area contributed by atoms with Crippen molar-refractivity contribution in [1.29, 1.82) is 5.41 Å². The molecule has 13 nitrogen and oxygen atoms in total. The molecule has 0 aromatic rings. The van der Waals surface area contributed by atoms with E-state index in [4.69, 9.17) is 19.6 Å². The minimum atomic E-state index is -2.58. The lowest BCUT2D eigenvalue weighted by molar-refractivity contribution is -0.272. The fourth-order valence-electron chi connectivity index (χ4n) is 3.31. The van der Waals surface area contributed by atoms with Crippen molar-refractivity contribution >= 4 is 46.6 Å². The van der Waals surface area contributed by atoms with E-state index in [2.05, 4.69) is 26.1 Å². The number of aliphatic hydroxyl groups excluding tert-OH is 2. The van der Waals surface area contributed by atoms with E-state index in [0.29, 0.717) is 0 Å². The lowest BCUT2D eigenvalue weighted by atomic mass is 10.0. The van der Waals surface area contributed by atoms with Gasteiger partial charge in [-0.15, -0.1) is 0 Å². The summed E-state index contributed by atoms with van der Waals surface area (Å²) in [6.07, 6.45) is -3.42. The van der Waals surface area contributed by atoms with Crippen molar-refractivity contribution in [2.75, 3.05) is 6.61 Å². The summed E-state index contributed by atoms with van der Waals surface area (Å²) in [6, 6.07) is 0. The van der Waals surface area contributed by atoms with Crippen LogP contribution in [0, 0.1) is 5.41 Å². The molecule has 160 valence electrons. The Morgan fingerprint density at radius 2 is 2.10 bits per heavy atom. The number of halogens is 1. The van der Waals surface area contributed by atoms with E-state index < -0.39 is 60.5 Å². The Labute approximate surface area is 173 Å². The third-order valence-corrected chi connectivity index (χ3v) is 5.21. The van der Waals surface area contributed by atoms with E-state index in [-0.39, 0.29) is 6.42 Å². The van der Waals surface area contributed by atoms with Gasteiger partial charge in [-0.05, 0) is 0 Å². The highest BCUT2D eigenvalue weighted by molar-refractivity contribution is 9.07. The van der Waals surface area contributed by atoms with Gasteiger partial charge in [-0.3, -0.25) is 18.9 Å². The first-order valence-electron chi connectivity index (χ1n) is 8.59. The molecule has 0 saturated carbocycles. The predicted molar refractivity (Wildman–Crippen MR) is 98.7 cm³/mol. The van der Waals surface area contributed by atoms with Gasteiger partial charge in [0.25, 0.3) is 5.79 Å². The average Bonchev–Trinajstić information content (AvgIpc) is 3.15. The number of hydrogen-bond acceptors (Lipinski definition) is 12. The molecule has 0 bridgehead atoms. The summed E-state index contributed by atoms with van der Waals surface area (Å²) < 4.78 is 17.2. The highest BCUT2D eigenvalue weighted by Crippen LogP contribution is 2.42. The monoisotopic (exact) mass is 477 g/mol. The van der Waals surface area contributed by atoms with Gasteiger partial charge in [0.2, 0.25) is 6.23 Å². The van der Waals surface area contributed by atoms with E-state index in [1.54, 1.807) is 6.92 Å². The third-order valence-electron chi connectivity index (χ3n) is 4.63. The number of carbonyl (C=O) groups is 2. The molecule has 1 fully saturated rings. The SMILES string of the molecule is CCC(=O)OC12N=CN([C@@H]3O[C@H](CO)[C@@H](O)[C@]3(O)OC(C)=O)C1N(Br)C=NC2=N. The number of aliphatic imine (C=N–C) groups is 2. The average molecular weight is 478 g/mol. The lowest BCUT2D eigenvalue weighted by Crippen LogP contribution is -2.66. The number of amidine groups is 1. The molecule has 3 aliphatic rings. The molecular formula is C15H20BrN5O8. The summed E-state index contributed by atoms with van der Waals surface area (Å²) in [5.74, 6) is -4.55. The molecule has 0 aromatic heterocycles. The minimum Gasteiger partial charge on any atom is -0.425 e. The molecular weight excluding hydrogens is 458 g/mol. The minimum absolute atomic E-state index is 0.00584. The Kier molecular flexibility index (Phi) is 5.66.